The van der Waals surface area contributed by atoms with Crippen molar-refractivity contribution in [2.24, 2.45) is 5.73 Å². The third-order valence-corrected chi connectivity index (χ3v) is 5.13. The molecule has 0 aromatic heterocycles. The first-order chi connectivity index (χ1) is 10.7. The molecule has 0 aliphatic rings. The summed E-state index contributed by atoms with van der Waals surface area (Å²) < 4.78 is 53.4. The average molecular weight is 361 g/mol. The van der Waals surface area contributed by atoms with Gasteiger partial charge in [-0.15, -0.1) is 0 Å². The molecule has 0 unspecified atom stereocenters. The minimum Gasteiger partial charge on any atom is -0.366 e. The SMILES string of the molecule is CN(c1c(F)cccc1C(N)=O)S(=O)(=O)c1ccc(Cl)cc1F. The average Bonchev–Trinajstić information content (AvgIpc) is 2.45. The highest BCUT2D eigenvalue weighted by molar-refractivity contribution is 7.92. The van der Waals surface area contributed by atoms with Crippen molar-refractivity contribution in [2.45, 2.75) is 4.90 Å². The van der Waals surface area contributed by atoms with Gasteiger partial charge in [-0.05, 0) is 30.3 Å². The molecule has 2 aromatic carbocycles. The monoisotopic (exact) mass is 360 g/mol. The van der Waals surface area contributed by atoms with Gasteiger partial charge in [-0.3, -0.25) is 9.10 Å². The van der Waals surface area contributed by atoms with Gasteiger partial charge >= 0.3 is 0 Å². The fourth-order valence-corrected chi connectivity index (χ4v) is 3.41. The second-order valence-electron chi connectivity index (χ2n) is 4.55. The first-order valence-corrected chi connectivity index (χ1v) is 8.00. The Balaban J connectivity index is 2.64. The van der Waals surface area contributed by atoms with Crippen LogP contribution in [0.25, 0.3) is 0 Å². The number of anilines is 1. The van der Waals surface area contributed by atoms with Crippen LogP contribution >= 0.6 is 11.6 Å². The molecule has 2 rings (SSSR count). The maximum absolute atomic E-state index is 14.0. The summed E-state index contributed by atoms with van der Waals surface area (Å²) in [4.78, 5) is 10.7. The van der Waals surface area contributed by atoms with Crippen molar-refractivity contribution >= 4 is 33.2 Å². The van der Waals surface area contributed by atoms with Crippen LogP contribution in [0.3, 0.4) is 0 Å². The van der Waals surface area contributed by atoms with E-state index < -0.39 is 38.1 Å². The lowest BCUT2D eigenvalue weighted by Gasteiger charge is -2.22. The van der Waals surface area contributed by atoms with Gasteiger partial charge in [-0.1, -0.05) is 17.7 Å². The third-order valence-electron chi connectivity index (χ3n) is 3.10. The fraction of sp³-hybridized carbons (Fsp3) is 0.0714. The summed E-state index contributed by atoms with van der Waals surface area (Å²) in [7, 11) is -3.47. The van der Waals surface area contributed by atoms with Gasteiger partial charge in [0.25, 0.3) is 15.9 Å². The molecule has 0 spiro atoms. The summed E-state index contributed by atoms with van der Waals surface area (Å²) >= 11 is 5.59. The van der Waals surface area contributed by atoms with E-state index in [4.69, 9.17) is 17.3 Å². The summed E-state index contributed by atoms with van der Waals surface area (Å²) in [5, 5.41) is 0.00724. The fourth-order valence-electron chi connectivity index (χ4n) is 1.99. The Bertz CT molecular complexity index is 888. The molecule has 122 valence electrons. The van der Waals surface area contributed by atoms with Gasteiger partial charge in [0.15, 0.2) is 0 Å². The quantitative estimate of drug-likeness (QED) is 0.909. The maximum Gasteiger partial charge on any atom is 0.267 e. The van der Waals surface area contributed by atoms with Crippen LogP contribution in [0.15, 0.2) is 41.3 Å². The third kappa shape index (κ3) is 3.13. The Morgan fingerprint density at radius 3 is 2.39 bits per heavy atom. The van der Waals surface area contributed by atoms with E-state index in [1.54, 1.807) is 0 Å². The smallest absolute Gasteiger partial charge is 0.267 e. The predicted octanol–water partition coefficient (Wildman–Crippen LogP) is 2.54. The highest BCUT2D eigenvalue weighted by atomic mass is 35.5. The minimum absolute atomic E-state index is 0.00724. The molecule has 9 heteroatoms. The van der Waals surface area contributed by atoms with E-state index in [0.29, 0.717) is 4.31 Å². The minimum atomic E-state index is -4.47. The van der Waals surface area contributed by atoms with Crippen molar-refractivity contribution in [3.8, 4) is 0 Å². The number of hydrogen-bond donors (Lipinski definition) is 1. The molecular formula is C14H11ClF2N2O3S. The van der Waals surface area contributed by atoms with Gasteiger partial charge in [-0.25, -0.2) is 17.2 Å². The van der Waals surface area contributed by atoms with Crippen LogP contribution in [0.5, 0.6) is 0 Å². The van der Waals surface area contributed by atoms with Crippen LogP contribution in [0.4, 0.5) is 14.5 Å². The van der Waals surface area contributed by atoms with Crippen LogP contribution in [0.2, 0.25) is 5.02 Å². The number of benzene rings is 2. The topological polar surface area (TPSA) is 80.5 Å². The van der Waals surface area contributed by atoms with Gasteiger partial charge in [-0.2, -0.15) is 0 Å². The highest BCUT2D eigenvalue weighted by Gasteiger charge is 2.29. The van der Waals surface area contributed by atoms with Gasteiger partial charge in [0, 0.05) is 12.1 Å². The summed E-state index contributed by atoms with van der Waals surface area (Å²) in [6, 6.07) is 6.30. The Morgan fingerprint density at radius 2 is 1.83 bits per heavy atom. The van der Waals surface area contributed by atoms with Crippen molar-refractivity contribution in [1.29, 1.82) is 0 Å². The molecule has 0 atom stereocenters. The van der Waals surface area contributed by atoms with Crippen LogP contribution in [-0.4, -0.2) is 21.4 Å². The molecule has 1 amide bonds. The Hall–Kier alpha value is -2.19. The summed E-state index contributed by atoms with van der Waals surface area (Å²) in [5.74, 6) is -3.10. The van der Waals surface area contributed by atoms with Gasteiger partial charge < -0.3 is 5.73 Å². The number of amides is 1. The molecule has 5 nitrogen and oxygen atoms in total. The predicted molar refractivity (Wildman–Crippen MR) is 81.9 cm³/mol. The zero-order valence-corrected chi connectivity index (χ0v) is 13.3. The van der Waals surface area contributed by atoms with E-state index in [0.717, 1.165) is 25.2 Å². The first-order valence-electron chi connectivity index (χ1n) is 6.18. The van der Waals surface area contributed by atoms with E-state index in [9.17, 15) is 22.0 Å². The molecule has 0 aliphatic carbocycles. The van der Waals surface area contributed by atoms with Crippen molar-refractivity contribution in [2.75, 3.05) is 11.4 Å². The second kappa shape index (κ2) is 6.13. The van der Waals surface area contributed by atoms with Crippen LogP contribution in [0.1, 0.15) is 10.4 Å². The molecule has 2 aromatic rings. The normalized spacial score (nSPS) is 11.3. The lowest BCUT2D eigenvalue weighted by Crippen LogP contribution is -2.30. The Kier molecular flexibility index (Phi) is 4.58. The number of para-hydroxylation sites is 1. The maximum atomic E-state index is 14.0. The van der Waals surface area contributed by atoms with E-state index in [1.165, 1.54) is 18.2 Å². The molecule has 2 N–H and O–H groups in total. The van der Waals surface area contributed by atoms with E-state index in [2.05, 4.69) is 0 Å². The van der Waals surface area contributed by atoms with Gasteiger partial charge in [0.05, 0.1) is 11.3 Å². The number of sulfonamides is 1. The standard InChI is InChI=1S/C14H11ClF2N2O3S/c1-19(13-9(14(18)20)3-2-4-10(13)16)23(21,22)12-6-5-8(15)7-11(12)17/h2-7H,1H3,(H2,18,20). The Labute approximate surface area is 136 Å². The summed E-state index contributed by atoms with van der Waals surface area (Å²) in [6.07, 6.45) is 0. The highest BCUT2D eigenvalue weighted by Crippen LogP contribution is 2.30. The molecule has 0 fully saturated rings. The van der Waals surface area contributed by atoms with Gasteiger partial charge in [0.2, 0.25) is 0 Å². The first kappa shape index (κ1) is 17.2. The number of nitrogens with zero attached hydrogens (tertiary/aromatic N) is 1. The number of carbonyl (C=O) groups is 1. The number of halogens is 3. The molecule has 0 heterocycles. The molecule has 0 saturated heterocycles. The van der Waals surface area contributed by atoms with Crippen molar-refractivity contribution < 1.29 is 22.0 Å². The van der Waals surface area contributed by atoms with E-state index in [-0.39, 0.29) is 10.6 Å². The number of nitrogens with two attached hydrogens (primary N) is 1. The molecule has 0 saturated carbocycles. The van der Waals surface area contributed by atoms with E-state index >= 15 is 0 Å². The zero-order chi connectivity index (χ0) is 17.4. The van der Waals surface area contributed by atoms with Crippen LogP contribution in [-0.2, 0) is 10.0 Å². The van der Waals surface area contributed by atoms with Gasteiger partial charge in [0.1, 0.15) is 16.5 Å². The molecule has 0 bridgehead atoms. The second-order valence-corrected chi connectivity index (χ2v) is 6.92. The van der Waals surface area contributed by atoms with Crippen molar-refractivity contribution in [1.82, 2.24) is 0 Å². The summed E-state index contributed by atoms with van der Waals surface area (Å²) in [5.41, 5.74) is 4.23. The number of rotatable bonds is 4. The lowest BCUT2D eigenvalue weighted by molar-refractivity contribution is 0.100. The zero-order valence-electron chi connectivity index (χ0n) is 11.8. The van der Waals surface area contributed by atoms with Crippen molar-refractivity contribution in [3.05, 3.63) is 58.6 Å². The Morgan fingerprint density at radius 1 is 1.17 bits per heavy atom. The number of primary amides is 1. The number of carbonyl (C=O) groups excluding carboxylic acids is 1. The molecule has 0 aliphatic heterocycles. The number of hydrogen-bond acceptors (Lipinski definition) is 3. The molecule has 0 radical (unpaired) electrons. The van der Waals surface area contributed by atoms with Crippen LogP contribution in [0, 0.1) is 11.6 Å². The van der Waals surface area contributed by atoms with Crippen molar-refractivity contribution in [3.63, 3.8) is 0 Å². The largest absolute Gasteiger partial charge is 0.366 e. The summed E-state index contributed by atoms with van der Waals surface area (Å²) in [6.45, 7) is 0. The van der Waals surface area contributed by atoms with E-state index in [1.807, 2.05) is 0 Å². The lowest BCUT2D eigenvalue weighted by atomic mass is 10.1. The molecular weight excluding hydrogens is 350 g/mol. The van der Waals surface area contributed by atoms with Crippen LogP contribution < -0.4 is 10.0 Å². The molecule has 23 heavy (non-hydrogen) atoms.